The molecule has 3 heterocycles. The standard InChI is InChI=1S/C17H16N8O2S/c1-3-11-21-23-17(28-11)20-16(27)13-18-14-12(15(26)19-13)22-24-25(14)8-10-6-4-9(2)5-7-10/h4-7H,3,8H2,1-2H3,(H,18,19,26)(H,20,23,27). The minimum atomic E-state index is -0.583. The van der Waals surface area contributed by atoms with Gasteiger partial charge in [0, 0.05) is 0 Å². The number of hydrogen-bond donors (Lipinski definition) is 2. The highest BCUT2D eigenvalue weighted by Crippen LogP contribution is 2.16. The van der Waals surface area contributed by atoms with E-state index in [1.807, 2.05) is 38.1 Å². The van der Waals surface area contributed by atoms with Crippen LogP contribution in [-0.2, 0) is 13.0 Å². The van der Waals surface area contributed by atoms with Crippen molar-refractivity contribution < 1.29 is 4.79 Å². The first kappa shape index (κ1) is 17.9. The third kappa shape index (κ3) is 3.51. The number of H-pyrrole nitrogens is 1. The zero-order chi connectivity index (χ0) is 19.7. The highest BCUT2D eigenvalue weighted by molar-refractivity contribution is 7.15. The summed E-state index contributed by atoms with van der Waals surface area (Å²) in [5.41, 5.74) is 1.90. The lowest BCUT2D eigenvalue weighted by Crippen LogP contribution is -2.21. The van der Waals surface area contributed by atoms with E-state index in [4.69, 9.17) is 0 Å². The van der Waals surface area contributed by atoms with Gasteiger partial charge in [-0.3, -0.25) is 14.9 Å². The molecule has 0 aliphatic heterocycles. The van der Waals surface area contributed by atoms with Gasteiger partial charge < -0.3 is 4.98 Å². The number of rotatable bonds is 5. The molecule has 10 nitrogen and oxygen atoms in total. The molecular formula is C17H16N8O2S. The van der Waals surface area contributed by atoms with Crippen molar-refractivity contribution in [3.8, 4) is 0 Å². The predicted molar refractivity (Wildman–Crippen MR) is 103 cm³/mol. The summed E-state index contributed by atoms with van der Waals surface area (Å²) >= 11 is 1.27. The minimum Gasteiger partial charge on any atom is -0.300 e. The van der Waals surface area contributed by atoms with Crippen molar-refractivity contribution in [2.45, 2.75) is 26.8 Å². The van der Waals surface area contributed by atoms with E-state index in [1.54, 1.807) is 0 Å². The Morgan fingerprint density at radius 2 is 2.00 bits per heavy atom. The number of carbonyl (C=O) groups excluding carboxylic acids is 1. The van der Waals surface area contributed by atoms with Crippen LogP contribution in [0.2, 0.25) is 0 Å². The largest absolute Gasteiger partial charge is 0.300 e. The minimum absolute atomic E-state index is 0.0767. The van der Waals surface area contributed by atoms with Crippen molar-refractivity contribution >= 4 is 33.5 Å². The van der Waals surface area contributed by atoms with Crippen LogP contribution in [-0.4, -0.2) is 41.1 Å². The van der Waals surface area contributed by atoms with Crippen LogP contribution < -0.4 is 10.9 Å². The first-order chi connectivity index (χ1) is 13.5. The number of nitrogens with one attached hydrogen (secondary N) is 2. The van der Waals surface area contributed by atoms with Crippen LogP contribution in [0, 0.1) is 6.92 Å². The number of amides is 1. The highest BCUT2D eigenvalue weighted by atomic mass is 32.1. The highest BCUT2D eigenvalue weighted by Gasteiger charge is 2.17. The van der Waals surface area contributed by atoms with Crippen molar-refractivity contribution in [1.82, 2.24) is 35.2 Å². The number of benzene rings is 1. The summed E-state index contributed by atoms with van der Waals surface area (Å²) in [6.45, 7) is 4.33. The summed E-state index contributed by atoms with van der Waals surface area (Å²) in [6.07, 6.45) is 0.721. The maximum atomic E-state index is 12.5. The fourth-order valence-electron chi connectivity index (χ4n) is 2.55. The van der Waals surface area contributed by atoms with Crippen LogP contribution in [0.5, 0.6) is 0 Å². The molecule has 4 aromatic rings. The Balaban J connectivity index is 1.65. The molecule has 1 amide bonds. The summed E-state index contributed by atoms with van der Waals surface area (Å²) in [4.78, 5) is 31.5. The Hall–Kier alpha value is -3.47. The van der Waals surface area contributed by atoms with Gasteiger partial charge in [-0.25, -0.2) is 9.67 Å². The number of carbonyl (C=O) groups is 1. The lowest BCUT2D eigenvalue weighted by Gasteiger charge is -2.04. The smallest absolute Gasteiger partial charge is 0.293 e. The van der Waals surface area contributed by atoms with E-state index < -0.39 is 11.5 Å². The van der Waals surface area contributed by atoms with Crippen LogP contribution in [0.3, 0.4) is 0 Å². The molecule has 4 rings (SSSR count). The normalized spacial score (nSPS) is 11.1. The summed E-state index contributed by atoms with van der Waals surface area (Å²) in [5.74, 6) is -0.723. The van der Waals surface area contributed by atoms with Gasteiger partial charge >= 0.3 is 0 Å². The second kappa shape index (κ2) is 7.27. The summed E-state index contributed by atoms with van der Waals surface area (Å²) in [5, 5.41) is 19.5. The Morgan fingerprint density at radius 3 is 2.71 bits per heavy atom. The zero-order valence-corrected chi connectivity index (χ0v) is 15.9. The second-order valence-electron chi connectivity index (χ2n) is 6.13. The van der Waals surface area contributed by atoms with E-state index >= 15 is 0 Å². The van der Waals surface area contributed by atoms with Gasteiger partial charge in [-0.15, -0.1) is 15.3 Å². The molecule has 0 spiro atoms. The monoisotopic (exact) mass is 396 g/mol. The maximum absolute atomic E-state index is 12.5. The van der Waals surface area contributed by atoms with Crippen molar-refractivity contribution in [2.75, 3.05) is 5.32 Å². The molecule has 0 radical (unpaired) electrons. The second-order valence-corrected chi connectivity index (χ2v) is 7.19. The number of nitrogens with zero attached hydrogens (tertiary/aromatic N) is 6. The predicted octanol–water partition coefficient (Wildman–Crippen LogP) is 1.54. The lowest BCUT2D eigenvalue weighted by molar-refractivity contribution is 0.101. The quantitative estimate of drug-likeness (QED) is 0.523. The van der Waals surface area contributed by atoms with Crippen molar-refractivity contribution in [1.29, 1.82) is 0 Å². The molecule has 0 aliphatic carbocycles. The fourth-order valence-corrected chi connectivity index (χ4v) is 3.22. The number of anilines is 1. The van der Waals surface area contributed by atoms with Gasteiger partial charge in [-0.2, -0.15) is 0 Å². The molecule has 3 aromatic heterocycles. The van der Waals surface area contributed by atoms with E-state index in [9.17, 15) is 9.59 Å². The molecule has 0 saturated carbocycles. The molecule has 1 aromatic carbocycles. The summed E-state index contributed by atoms with van der Waals surface area (Å²) < 4.78 is 1.49. The summed E-state index contributed by atoms with van der Waals surface area (Å²) in [6, 6.07) is 7.90. The molecule has 0 bridgehead atoms. The molecule has 142 valence electrons. The van der Waals surface area contributed by atoms with E-state index in [0.29, 0.717) is 11.7 Å². The number of aryl methyl sites for hydroxylation is 2. The molecule has 0 atom stereocenters. The van der Waals surface area contributed by atoms with Crippen LogP contribution >= 0.6 is 11.3 Å². The van der Waals surface area contributed by atoms with Gasteiger partial charge in [0.15, 0.2) is 11.2 Å². The van der Waals surface area contributed by atoms with E-state index in [2.05, 4.69) is 35.8 Å². The first-order valence-electron chi connectivity index (χ1n) is 8.56. The molecule has 0 saturated heterocycles. The van der Waals surface area contributed by atoms with Crippen LogP contribution in [0.25, 0.3) is 11.2 Å². The van der Waals surface area contributed by atoms with Crippen molar-refractivity contribution in [3.63, 3.8) is 0 Å². The topological polar surface area (TPSA) is 131 Å². The molecule has 28 heavy (non-hydrogen) atoms. The molecular weight excluding hydrogens is 380 g/mol. The third-order valence-electron chi connectivity index (χ3n) is 4.03. The number of hydrogen-bond acceptors (Lipinski definition) is 8. The molecule has 0 fully saturated rings. The molecule has 0 unspecified atom stereocenters. The fraction of sp³-hybridized carbons (Fsp3) is 0.235. The van der Waals surface area contributed by atoms with Crippen LogP contribution in [0.15, 0.2) is 29.1 Å². The van der Waals surface area contributed by atoms with Gasteiger partial charge in [-0.05, 0) is 18.9 Å². The Morgan fingerprint density at radius 1 is 1.21 bits per heavy atom. The van der Waals surface area contributed by atoms with Gasteiger partial charge in [0.25, 0.3) is 11.5 Å². The van der Waals surface area contributed by atoms with E-state index in [-0.39, 0.29) is 17.0 Å². The van der Waals surface area contributed by atoms with E-state index in [0.717, 1.165) is 22.6 Å². The Bertz CT molecular complexity index is 1210. The van der Waals surface area contributed by atoms with Crippen molar-refractivity contribution in [3.05, 3.63) is 56.6 Å². The van der Waals surface area contributed by atoms with E-state index in [1.165, 1.54) is 16.0 Å². The molecule has 11 heteroatoms. The molecule has 2 N–H and O–H groups in total. The van der Waals surface area contributed by atoms with Gasteiger partial charge in [0.2, 0.25) is 11.0 Å². The maximum Gasteiger partial charge on any atom is 0.293 e. The number of aromatic nitrogens is 7. The number of aromatic amines is 1. The third-order valence-corrected chi connectivity index (χ3v) is 5.01. The zero-order valence-electron chi connectivity index (χ0n) is 15.1. The average molecular weight is 396 g/mol. The SMILES string of the molecule is CCc1nnc(NC(=O)c2nc3c(nnn3Cc3ccc(C)cc3)c(=O)[nH]2)s1. The Labute approximate surface area is 162 Å². The van der Waals surface area contributed by atoms with Crippen LogP contribution in [0.4, 0.5) is 5.13 Å². The summed E-state index contributed by atoms with van der Waals surface area (Å²) in [7, 11) is 0. The Kier molecular flexibility index (Phi) is 4.65. The number of fused-ring (bicyclic) bond motifs is 1. The van der Waals surface area contributed by atoms with Gasteiger partial charge in [0.1, 0.15) is 5.01 Å². The molecule has 0 aliphatic rings. The van der Waals surface area contributed by atoms with Gasteiger partial charge in [-0.1, -0.05) is 53.3 Å². The lowest BCUT2D eigenvalue weighted by atomic mass is 10.1. The average Bonchev–Trinajstić information content (AvgIpc) is 3.31. The van der Waals surface area contributed by atoms with Crippen LogP contribution in [0.1, 0.15) is 33.7 Å². The van der Waals surface area contributed by atoms with Crippen molar-refractivity contribution in [2.24, 2.45) is 0 Å². The first-order valence-corrected chi connectivity index (χ1v) is 9.38. The van der Waals surface area contributed by atoms with Gasteiger partial charge in [0.05, 0.1) is 6.54 Å².